The highest BCUT2D eigenvalue weighted by atomic mass is 16.5. The van der Waals surface area contributed by atoms with Crippen molar-refractivity contribution in [3.8, 4) is 6.07 Å². The van der Waals surface area contributed by atoms with Crippen LogP contribution in [0.5, 0.6) is 0 Å². The van der Waals surface area contributed by atoms with E-state index in [-0.39, 0.29) is 18.0 Å². The van der Waals surface area contributed by atoms with E-state index in [2.05, 4.69) is 13.0 Å². The molecule has 2 aliphatic carbocycles. The van der Waals surface area contributed by atoms with Gasteiger partial charge in [-0.2, -0.15) is 5.26 Å². The number of carbonyl (C=O) groups is 1. The van der Waals surface area contributed by atoms with Crippen LogP contribution in [0.2, 0.25) is 0 Å². The first kappa shape index (κ1) is 22.7. The molecule has 0 atom stereocenters. The molecule has 2 rings (SSSR count). The smallest absolute Gasteiger partial charge is 0.309 e. The molecule has 0 bridgehead atoms. The molecule has 0 amide bonds. The number of nitriles is 1. The molecular weight excluding hydrogens is 346 g/mol. The van der Waals surface area contributed by atoms with Gasteiger partial charge in [0, 0.05) is 6.08 Å². The van der Waals surface area contributed by atoms with Crippen LogP contribution in [0.4, 0.5) is 0 Å². The Bertz CT molecular complexity index is 529. The molecule has 3 heteroatoms. The van der Waals surface area contributed by atoms with Crippen molar-refractivity contribution >= 4 is 5.97 Å². The SMILES string of the molecule is CCCCC[C@H]1CC[C@H](C(=O)OC2CCC(CC/C=C/C=CC#N)CC2)CC1. The van der Waals surface area contributed by atoms with Crippen molar-refractivity contribution in [3.05, 3.63) is 24.3 Å². The van der Waals surface area contributed by atoms with E-state index in [1.165, 1.54) is 63.9 Å². The molecule has 0 saturated heterocycles. The van der Waals surface area contributed by atoms with Gasteiger partial charge in [-0.15, -0.1) is 0 Å². The zero-order valence-corrected chi connectivity index (χ0v) is 17.8. The third kappa shape index (κ3) is 8.63. The van der Waals surface area contributed by atoms with Gasteiger partial charge in [0.05, 0.1) is 12.0 Å². The highest BCUT2D eigenvalue weighted by Crippen LogP contribution is 2.34. The van der Waals surface area contributed by atoms with Crippen molar-refractivity contribution in [3.63, 3.8) is 0 Å². The minimum absolute atomic E-state index is 0.0858. The Morgan fingerprint density at radius 1 is 0.964 bits per heavy atom. The van der Waals surface area contributed by atoms with Gasteiger partial charge in [0.15, 0.2) is 0 Å². The van der Waals surface area contributed by atoms with Crippen molar-refractivity contribution < 1.29 is 9.53 Å². The lowest BCUT2D eigenvalue weighted by molar-refractivity contribution is -0.157. The molecule has 0 unspecified atom stereocenters. The monoisotopic (exact) mass is 385 g/mol. The van der Waals surface area contributed by atoms with Crippen molar-refractivity contribution in [1.29, 1.82) is 5.26 Å². The van der Waals surface area contributed by atoms with E-state index in [4.69, 9.17) is 10.00 Å². The standard InChI is InChI=1S/C25H39NO2/c1-2-3-7-10-21-12-16-23(17-13-21)25(27)28-24-18-14-22(15-19-24)11-8-5-4-6-9-20-26/h4-6,9,21-24H,2-3,7-8,10-19H2,1H3/b5-4+,9-6?/t21-,22?,23-,24?. The second-order valence-corrected chi connectivity index (χ2v) is 8.79. The normalized spacial score (nSPS) is 28.4. The summed E-state index contributed by atoms with van der Waals surface area (Å²) >= 11 is 0. The number of unbranched alkanes of at least 4 members (excludes halogenated alkanes) is 2. The molecule has 0 aromatic carbocycles. The summed E-state index contributed by atoms with van der Waals surface area (Å²) in [4.78, 5) is 12.6. The first-order valence-corrected chi connectivity index (χ1v) is 11.6. The highest BCUT2D eigenvalue weighted by Gasteiger charge is 2.30. The van der Waals surface area contributed by atoms with Gasteiger partial charge in [0.25, 0.3) is 0 Å². The van der Waals surface area contributed by atoms with Crippen molar-refractivity contribution in [2.75, 3.05) is 0 Å². The third-order valence-corrected chi connectivity index (χ3v) is 6.63. The fraction of sp³-hybridized carbons (Fsp3) is 0.760. The second kappa shape index (κ2) is 13.6. The number of nitrogens with zero attached hydrogens (tertiary/aromatic N) is 1. The van der Waals surface area contributed by atoms with Gasteiger partial charge in [-0.3, -0.25) is 4.79 Å². The number of hydrogen-bond donors (Lipinski definition) is 0. The van der Waals surface area contributed by atoms with E-state index in [0.29, 0.717) is 0 Å². The van der Waals surface area contributed by atoms with E-state index >= 15 is 0 Å². The van der Waals surface area contributed by atoms with Gasteiger partial charge in [-0.1, -0.05) is 50.8 Å². The van der Waals surface area contributed by atoms with Gasteiger partial charge < -0.3 is 4.74 Å². The Morgan fingerprint density at radius 2 is 1.64 bits per heavy atom. The molecule has 3 nitrogen and oxygen atoms in total. The quantitative estimate of drug-likeness (QED) is 0.178. The topological polar surface area (TPSA) is 50.1 Å². The molecule has 0 N–H and O–H groups in total. The van der Waals surface area contributed by atoms with Gasteiger partial charge in [-0.25, -0.2) is 0 Å². The molecule has 2 aliphatic rings. The van der Waals surface area contributed by atoms with Crippen LogP contribution in [0.25, 0.3) is 0 Å². The van der Waals surface area contributed by atoms with Gasteiger partial charge in [-0.05, 0) is 76.0 Å². The predicted octanol–water partition coefficient (Wildman–Crippen LogP) is 6.89. The molecule has 0 aromatic rings. The van der Waals surface area contributed by atoms with Crippen molar-refractivity contribution in [2.45, 2.75) is 103 Å². The minimum atomic E-state index is 0.0858. The second-order valence-electron chi connectivity index (χ2n) is 8.79. The van der Waals surface area contributed by atoms with Crippen LogP contribution in [0, 0.1) is 29.1 Å². The summed E-state index contributed by atoms with van der Waals surface area (Å²) in [7, 11) is 0. The molecular formula is C25H39NO2. The molecule has 2 fully saturated rings. The molecule has 0 aliphatic heterocycles. The summed E-state index contributed by atoms with van der Waals surface area (Å²) in [6.07, 6.45) is 24.0. The zero-order valence-electron chi connectivity index (χ0n) is 17.8. The fourth-order valence-corrected chi connectivity index (χ4v) is 4.77. The fourth-order valence-electron chi connectivity index (χ4n) is 4.77. The molecule has 156 valence electrons. The maximum absolute atomic E-state index is 12.6. The van der Waals surface area contributed by atoms with Crippen LogP contribution in [0.3, 0.4) is 0 Å². The summed E-state index contributed by atoms with van der Waals surface area (Å²) in [5.41, 5.74) is 0. The molecule has 28 heavy (non-hydrogen) atoms. The molecule has 2 saturated carbocycles. The molecule has 0 aromatic heterocycles. The molecule has 0 radical (unpaired) electrons. The lowest BCUT2D eigenvalue weighted by Gasteiger charge is -2.31. The van der Waals surface area contributed by atoms with Crippen LogP contribution in [0.15, 0.2) is 24.3 Å². The number of hydrogen-bond acceptors (Lipinski definition) is 3. The van der Waals surface area contributed by atoms with Crippen LogP contribution in [-0.2, 0) is 9.53 Å². The van der Waals surface area contributed by atoms with Crippen LogP contribution in [0.1, 0.15) is 96.8 Å². The van der Waals surface area contributed by atoms with Crippen molar-refractivity contribution in [1.82, 2.24) is 0 Å². The van der Waals surface area contributed by atoms with Gasteiger partial charge in [0.2, 0.25) is 0 Å². The lowest BCUT2D eigenvalue weighted by Crippen LogP contribution is -2.30. The minimum Gasteiger partial charge on any atom is -0.462 e. The van der Waals surface area contributed by atoms with Crippen LogP contribution in [-0.4, -0.2) is 12.1 Å². The van der Waals surface area contributed by atoms with E-state index in [1.54, 1.807) is 6.08 Å². The lowest BCUT2D eigenvalue weighted by atomic mass is 9.79. The van der Waals surface area contributed by atoms with Crippen LogP contribution >= 0.6 is 0 Å². The maximum atomic E-state index is 12.6. The number of ether oxygens (including phenoxy) is 1. The number of rotatable bonds is 10. The predicted molar refractivity (Wildman–Crippen MR) is 115 cm³/mol. The zero-order chi connectivity index (χ0) is 20.0. The van der Waals surface area contributed by atoms with Crippen LogP contribution < -0.4 is 0 Å². The highest BCUT2D eigenvalue weighted by molar-refractivity contribution is 5.72. The Labute approximate surface area is 172 Å². The third-order valence-electron chi connectivity index (χ3n) is 6.63. The number of esters is 1. The van der Waals surface area contributed by atoms with E-state index < -0.39 is 0 Å². The first-order valence-electron chi connectivity index (χ1n) is 11.6. The average Bonchev–Trinajstić information content (AvgIpc) is 2.72. The summed E-state index contributed by atoms with van der Waals surface area (Å²) in [5, 5.41) is 8.44. The Kier molecular flexibility index (Phi) is 11.0. The van der Waals surface area contributed by atoms with Gasteiger partial charge >= 0.3 is 5.97 Å². The Balaban J connectivity index is 1.57. The molecule has 0 spiro atoms. The average molecular weight is 386 g/mol. The largest absolute Gasteiger partial charge is 0.462 e. The van der Waals surface area contributed by atoms with Crippen molar-refractivity contribution in [2.24, 2.45) is 17.8 Å². The number of carbonyl (C=O) groups excluding carboxylic acids is 1. The Hall–Kier alpha value is -1.56. The van der Waals surface area contributed by atoms with E-state index in [0.717, 1.165) is 43.9 Å². The summed E-state index contributed by atoms with van der Waals surface area (Å²) in [5.74, 6) is 1.84. The maximum Gasteiger partial charge on any atom is 0.309 e. The van der Waals surface area contributed by atoms with E-state index in [9.17, 15) is 4.79 Å². The molecule has 0 heterocycles. The summed E-state index contributed by atoms with van der Waals surface area (Å²) in [6, 6.07) is 1.99. The Morgan fingerprint density at radius 3 is 2.32 bits per heavy atom. The summed E-state index contributed by atoms with van der Waals surface area (Å²) in [6.45, 7) is 2.26. The summed E-state index contributed by atoms with van der Waals surface area (Å²) < 4.78 is 5.89. The van der Waals surface area contributed by atoms with Gasteiger partial charge in [0.1, 0.15) is 6.10 Å². The van der Waals surface area contributed by atoms with E-state index in [1.807, 2.05) is 12.1 Å². The first-order chi connectivity index (χ1) is 13.7. The number of allylic oxidation sites excluding steroid dienone is 4.